The van der Waals surface area contributed by atoms with E-state index in [9.17, 15) is 0 Å². The molecule has 0 unspecified atom stereocenters. The van der Waals surface area contributed by atoms with Crippen LogP contribution in [0.5, 0.6) is 0 Å². The maximum Gasteiger partial charge on any atom is 0.193 e. The zero-order valence-electron chi connectivity index (χ0n) is 13.6. The molecule has 0 fully saturated rings. The smallest absolute Gasteiger partial charge is 0.193 e. The highest BCUT2D eigenvalue weighted by Crippen LogP contribution is 2.17. The standard InChI is InChI=1S/C16H26BrN3O.HI/c1-4-21-12-8-7-11-19-16(18-2)20(3)13-14-9-5-6-10-15(14)17;/h5-6,9-10H,4,7-8,11-13H2,1-3H3,(H,18,19);1H. The van der Waals surface area contributed by atoms with Crippen LogP contribution in [0.1, 0.15) is 25.3 Å². The third-order valence-corrected chi connectivity index (χ3v) is 3.92. The van der Waals surface area contributed by atoms with Crippen molar-refractivity contribution in [3.05, 3.63) is 34.3 Å². The summed E-state index contributed by atoms with van der Waals surface area (Å²) in [5, 5.41) is 3.39. The summed E-state index contributed by atoms with van der Waals surface area (Å²) < 4.78 is 6.46. The fourth-order valence-corrected chi connectivity index (χ4v) is 2.43. The van der Waals surface area contributed by atoms with E-state index in [4.69, 9.17) is 4.74 Å². The quantitative estimate of drug-likeness (QED) is 0.264. The molecule has 1 aromatic rings. The molecule has 1 aromatic carbocycles. The molecule has 0 amide bonds. The highest BCUT2D eigenvalue weighted by Gasteiger charge is 2.07. The molecule has 0 aliphatic heterocycles. The van der Waals surface area contributed by atoms with Crippen LogP contribution in [0.3, 0.4) is 0 Å². The Morgan fingerprint density at radius 3 is 2.68 bits per heavy atom. The Morgan fingerprint density at radius 1 is 1.32 bits per heavy atom. The van der Waals surface area contributed by atoms with E-state index in [1.165, 1.54) is 5.56 Å². The maximum absolute atomic E-state index is 5.33. The number of benzene rings is 1. The van der Waals surface area contributed by atoms with Crippen LogP contribution >= 0.6 is 39.9 Å². The molecule has 0 atom stereocenters. The highest BCUT2D eigenvalue weighted by molar-refractivity contribution is 14.0. The van der Waals surface area contributed by atoms with Crippen molar-refractivity contribution < 1.29 is 4.74 Å². The summed E-state index contributed by atoms with van der Waals surface area (Å²) in [6, 6.07) is 8.26. The number of hydrogen-bond donors (Lipinski definition) is 1. The average molecular weight is 484 g/mol. The molecule has 1 N–H and O–H groups in total. The Hall–Kier alpha value is -0.340. The highest BCUT2D eigenvalue weighted by atomic mass is 127. The summed E-state index contributed by atoms with van der Waals surface area (Å²) in [7, 11) is 3.87. The van der Waals surface area contributed by atoms with E-state index in [1.54, 1.807) is 0 Å². The molecule has 22 heavy (non-hydrogen) atoms. The lowest BCUT2D eigenvalue weighted by molar-refractivity contribution is 0.143. The lowest BCUT2D eigenvalue weighted by atomic mass is 10.2. The van der Waals surface area contributed by atoms with Crippen LogP contribution in [0.15, 0.2) is 33.7 Å². The van der Waals surface area contributed by atoms with Gasteiger partial charge in [0, 0.05) is 44.9 Å². The monoisotopic (exact) mass is 483 g/mol. The Labute approximate surface area is 159 Å². The first-order valence-electron chi connectivity index (χ1n) is 7.42. The van der Waals surface area contributed by atoms with Gasteiger partial charge in [0.05, 0.1) is 0 Å². The van der Waals surface area contributed by atoms with Gasteiger partial charge in [-0.15, -0.1) is 24.0 Å². The van der Waals surface area contributed by atoms with Crippen molar-refractivity contribution in [3.8, 4) is 0 Å². The minimum absolute atomic E-state index is 0. The predicted octanol–water partition coefficient (Wildman–Crippen LogP) is 3.89. The second-order valence-electron chi connectivity index (χ2n) is 4.83. The van der Waals surface area contributed by atoms with E-state index >= 15 is 0 Å². The number of hydrogen-bond acceptors (Lipinski definition) is 2. The molecule has 0 heterocycles. The normalized spacial score (nSPS) is 11.0. The van der Waals surface area contributed by atoms with E-state index in [2.05, 4.69) is 56.4 Å². The zero-order chi connectivity index (χ0) is 15.5. The van der Waals surface area contributed by atoms with Crippen LogP contribution in [0.2, 0.25) is 0 Å². The molecular formula is C16H27BrIN3O. The van der Waals surface area contributed by atoms with Crippen molar-refractivity contribution in [2.45, 2.75) is 26.3 Å². The summed E-state index contributed by atoms with van der Waals surface area (Å²) in [6.45, 7) is 5.39. The maximum atomic E-state index is 5.33. The van der Waals surface area contributed by atoms with Gasteiger partial charge in [-0.25, -0.2) is 0 Å². The van der Waals surface area contributed by atoms with Crippen molar-refractivity contribution >= 4 is 45.9 Å². The second-order valence-corrected chi connectivity index (χ2v) is 5.68. The Kier molecular flexibility index (Phi) is 12.9. The Balaban J connectivity index is 0.00000441. The van der Waals surface area contributed by atoms with Gasteiger partial charge >= 0.3 is 0 Å². The third kappa shape index (κ3) is 8.33. The number of nitrogens with zero attached hydrogens (tertiary/aromatic N) is 2. The van der Waals surface area contributed by atoms with Gasteiger partial charge in [-0.1, -0.05) is 34.1 Å². The number of halogens is 2. The van der Waals surface area contributed by atoms with Crippen molar-refractivity contribution in [1.82, 2.24) is 10.2 Å². The SMILES string of the molecule is CCOCCCCNC(=NC)N(C)Cc1ccccc1Br.I. The van der Waals surface area contributed by atoms with Crippen molar-refractivity contribution in [3.63, 3.8) is 0 Å². The second kappa shape index (κ2) is 13.1. The first-order chi connectivity index (χ1) is 10.2. The molecule has 0 aromatic heterocycles. The minimum atomic E-state index is 0. The number of ether oxygens (including phenoxy) is 1. The molecule has 6 heteroatoms. The molecule has 0 saturated heterocycles. The van der Waals surface area contributed by atoms with Gasteiger partial charge < -0.3 is 15.0 Å². The molecule has 0 radical (unpaired) electrons. The van der Waals surface area contributed by atoms with E-state index in [0.717, 1.165) is 49.6 Å². The zero-order valence-corrected chi connectivity index (χ0v) is 17.6. The number of unbranched alkanes of at least 4 members (excludes halogenated alkanes) is 1. The number of nitrogens with one attached hydrogen (secondary N) is 1. The van der Waals surface area contributed by atoms with Crippen LogP contribution < -0.4 is 5.32 Å². The van der Waals surface area contributed by atoms with Crippen molar-refractivity contribution in [2.75, 3.05) is 33.9 Å². The summed E-state index contributed by atoms with van der Waals surface area (Å²) in [5.74, 6) is 0.919. The van der Waals surface area contributed by atoms with Gasteiger partial charge in [-0.05, 0) is 31.4 Å². The number of aliphatic imine (C=N–C) groups is 1. The Bertz CT molecular complexity index is 443. The summed E-state index contributed by atoms with van der Waals surface area (Å²) >= 11 is 3.58. The van der Waals surface area contributed by atoms with Crippen LogP contribution in [-0.4, -0.2) is 44.7 Å². The summed E-state index contributed by atoms with van der Waals surface area (Å²) in [5.41, 5.74) is 1.25. The molecule has 0 aliphatic rings. The summed E-state index contributed by atoms with van der Waals surface area (Å²) in [6.07, 6.45) is 2.16. The molecule has 4 nitrogen and oxygen atoms in total. The van der Waals surface area contributed by atoms with Gasteiger partial charge in [0.15, 0.2) is 5.96 Å². The molecule has 0 spiro atoms. The van der Waals surface area contributed by atoms with Crippen LogP contribution in [0.4, 0.5) is 0 Å². The van der Waals surface area contributed by atoms with Gasteiger partial charge in [0.2, 0.25) is 0 Å². The lowest BCUT2D eigenvalue weighted by Crippen LogP contribution is -2.39. The largest absolute Gasteiger partial charge is 0.382 e. The van der Waals surface area contributed by atoms with E-state index < -0.39 is 0 Å². The fraction of sp³-hybridized carbons (Fsp3) is 0.562. The predicted molar refractivity (Wildman–Crippen MR) is 108 cm³/mol. The van der Waals surface area contributed by atoms with E-state index in [1.807, 2.05) is 20.0 Å². The van der Waals surface area contributed by atoms with E-state index in [0.29, 0.717) is 0 Å². The van der Waals surface area contributed by atoms with Gasteiger partial charge in [0.25, 0.3) is 0 Å². The van der Waals surface area contributed by atoms with Gasteiger partial charge in [-0.2, -0.15) is 0 Å². The Morgan fingerprint density at radius 2 is 2.05 bits per heavy atom. The number of guanidine groups is 1. The molecular weight excluding hydrogens is 457 g/mol. The van der Waals surface area contributed by atoms with Crippen molar-refractivity contribution in [2.24, 2.45) is 4.99 Å². The lowest BCUT2D eigenvalue weighted by Gasteiger charge is -2.22. The van der Waals surface area contributed by atoms with Gasteiger partial charge in [0.1, 0.15) is 0 Å². The molecule has 126 valence electrons. The van der Waals surface area contributed by atoms with Gasteiger partial charge in [-0.3, -0.25) is 4.99 Å². The van der Waals surface area contributed by atoms with Crippen LogP contribution in [0.25, 0.3) is 0 Å². The van der Waals surface area contributed by atoms with Crippen LogP contribution in [-0.2, 0) is 11.3 Å². The molecule has 0 saturated carbocycles. The van der Waals surface area contributed by atoms with Crippen LogP contribution in [0, 0.1) is 0 Å². The number of rotatable bonds is 8. The topological polar surface area (TPSA) is 36.9 Å². The third-order valence-electron chi connectivity index (χ3n) is 3.14. The molecule has 1 rings (SSSR count). The molecule has 0 bridgehead atoms. The molecule has 0 aliphatic carbocycles. The minimum Gasteiger partial charge on any atom is -0.382 e. The first-order valence-corrected chi connectivity index (χ1v) is 8.21. The average Bonchev–Trinajstić information content (AvgIpc) is 2.49. The van der Waals surface area contributed by atoms with Crippen molar-refractivity contribution in [1.29, 1.82) is 0 Å². The first kappa shape index (κ1) is 21.7. The van der Waals surface area contributed by atoms with E-state index in [-0.39, 0.29) is 24.0 Å². The summed E-state index contributed by atoms with van der Waals surface area (Å²) in [4.78, 5) is 6.46. The fourth-order valence-electron chi connectivity index (χ4n) is 2.02.